The van der Waals surface area contributed by atoms with E-state index in [1.165, 1.54) is 0 Å². The van der Waals surface area contributed by atoms with Crippen molar-refractivity contribution >= 4 is 5.97 Å². The van der Waals surface area contributed by atoms with E-state index in [9.17, 15) is 4.79 Å². The van der Waals surface area contributed by atoms with Gasteiger partial charge in [0.1, 0.15) is 17.8 Å². The fourth-order valence-corrected chi connectivity index (χ4v) is 3.77. The Bertz CT molecular complexity index is 1320. The lowest BCUT2D eigenvalue weighted by atomic mass is 10.1. The maximum Gasteiger partial charge on any atom is 0.358 e. The fraction of sp³-hybridized carbons (Fsp3) is 0.217. The molecule has 0 atom stereocenters. The van der Waals surface area contributed by atoms with Crippen molar-refractivity contribution in [2.45, 2.75) is 20.4 Å². The van der Waals surface area contributed by atoms with Gasteiger partial charge in [-0.1, -0.05) is 17.2 Å². The Morgan fingerprint density at radius 2 is 2.00 bits per heavy atom. The van der Waals surface area contributed by atoms with Crippen LogP contribution in [-0.2, 0) is 11.3 Å². The number of esters is 1. The largest absolute Gasteiger partial charge is 0.497 e. The Labute approximate surface area is 184 Å². The highest BCUT2D eigenvalue weighted by atomic mass is 16.5. The first-order valence-electron chi connectivity index (χ1n) is 10.2. The van der Waals surface area contributed by atoms with Crippen molar-refractivity contribution in [3.63, 3.8) is 0 Å². The van der Waals surface area contributed by atoms with Crippen LogP contribution in [0.3, 0.4) is 0 Å². The normalized spacial score (nSPS) is 11.7. The first-order valence-corrected chi connectivity index (χ1v) is 10.2. The average Bonchev–Trinajstić information content (AvgIpc) is 3.35. The second-order valence-electron chi connectivity index (χ2n) is 7.32. The number of nitrogens with zero attached hydrogens (tertiary/aromatic N) is 5. The Morgan fingerprint density at radius 3 is 2.78 bits per heavy atom. The van der Waals surface area contributed by atoms with Crippen LogP contribution < -0.4 is 9.47 Å². The van der Waals surface area contributed by atoms with Crippen LogP contribution in [0, 0.1) is 6.92 Å². The Hall–Kier alpha value is -4.14. The molecule has 0 fully saturated rings. The van der Waals surface area contributed by atoms with Crippen LogP contribution in [-0.4, -0.2) is 44.0 Å². The molecular weight excluding hydrogens is 410 g/mol. The molecule has 0 radical (unpaired) electrons. The number of hydrogen-bond donors (Lipinski definition) is 0. The average molecular weight is 431 g/mol. The zero-order chi connectivity index (χ0) is 22.2. The molecular formula is C23H21N5O4. The van der Waals surface area contributed by atoms with E-state index in [1.807, 2.05) is 58.5 Å². The molecule has 32 heavy (non-hydrogen) atoms. The summed E-state index contributed by atoms with van der Waals surface area (Å²) in [5.41, 5.74) is 3.55. The summed E-state index contributed by atoms with van der Waals surface area (Å²) in [6.07, 6.45) is 1.62. The third-order valence-corrected chi connectivity index (χ3v) is 5.26. The lowest BCUT2D eigenvalue weighted by Crippen LogP contribution is -2.12. The number of aromatic nitrogens is 5. The Morgan fingerprint density at radius 1 is 1.12 bits per heavy atom. The molecule has 0 unspecified atom stereocenters. The van der Waals surface area contributed by atoms with Gasteiger partial charge in [0.15, 0.2) is 11.5 Å². The molecule has 2 aromatic heterocycles. The summed E-state index contributed by atoms with van der Waals surface area (Å²) < 4.78 is 20.4. The van der Waals surface area contributed by atoms with Crippen LogP contribution in [0.2, 0.25) is 0 Å². The molecule has 0 spiro atoms. The third-order valence-electron chi connectivity index (χ3n) is 5.26. The van der Waals surface area contributed by atoms with E-state index in [0.29, 0.717) is 29.0 Å². The second kappa shape index (κ2) is 7.84. The van der Waals surface area contributed by atoms with Crippen LogP contribution in [0.25, 0.3) is 17.1 Å². The number of ether oxygens (including phenoxy) is 3. The van der Waals surface area contributed by atoms with Gasteiger partial charge in [0.25, 0.3) is 0 Å². The number of rotatable bonds is 5. The fourth-order valence-electron chi connectivity index (χ4n) is 3.77. The van der Waals surface area contributed by atoms with Crippen molar-refractivity contribution in [1.82, 2.24) is 24.3 Å². The Balaban J connectivity index is 1.69. The maximum atomic E-state index is 12.6. The van der Waals surface area contributed by atoms with Crippen molar-refractivity contribution in [1.29, 1.82) is 0 Å². The van der Waals surface area contributed by atoms with Crippen LogP contribution in [0.1, 0.15) is 28.7 Å². The quantitative estimate of drug-likeness (QED) is 0.391. The lowest BCUT2D eigenvalue weighted by molar-refractivity contribution is 0.0518. The summed E-state index contributed by atoms with van der Waals surface area (Å²) in [5, 5.41) is 8.70. The van der Waals surface area contributed by atoms with Gasteiger partial charge in [-0.05, 0) is 49.7 Å². The van der Waals surface area contributed by atoms with Crippen molar-refractivity contribution in [2.75, 3.05) is 13.7 Å². The van der Waals surface area contributed by atoms with Crippen LogP contribution in [0.4, 0.5) is 0 Å². The van der Waals surface area contributed by atoms with Gasteiger partial charge in [0, 0.05) is 5.56 Å². The molecule has 0 amide bonds. The van der Waals surface area contributed by atoms with Gasteiger partial charge >= 0.3 is 12.0 Å². The van der Waals surface area contributed by atoms with Gasteiger partial charge in [-0.2, -0.15) is 0 Å². The minimum atomic E-state index is -0.478. The zero-order valence-corrected chi connectivity index (χ0v) is 17.9. The molecule has 0 bridgehead atoms. The molecule has 9 heteroatoms. The number of hydrogen-bond acceptors (Lipinski definition) is 7. The molecule has 0 N–H and O–H groups in total. The molecule has 162 valence electrons. The van der Waals surface area contributed by atoms with Crippen molar-refractivity contribution in [2.24, 2.45) is 0 Å². The van der Waals surface area contributed by atoms with E-state index in [2.05, 4.69) is 15.2 Å². The van der Waals surface area contributed by atoms with Gasteiger partial charge < -0.3 is 14.2 Å². The van der Waals surface area contributed by atoms with Gasteiger partial charge in [0.05, 0.1) is 31.6 Å². The maximum absolute atomic E-state index is 12.6. The molecule has 0 saturated carbocycles. The smallest absolute Gasteiger partial charge is 0.358 e. The molecule has 9 nitrogen and oxygen atoms in total. The topological polar surface area (TPSA) is 93.3 Å². The van der Waals surface area contributed by atoms with E-state index in [1.54, 1.807) is 20.4 Å². The summed E-state index contributed by atoms with van der Waals surface area (Å²) in [5.74, 6) is 1.44. The SMILES string of the molecule is CCOC(=O)c1ncn2c1Cn1c(Oc3cccc(C)c3)nnc1-c1cc(OC)ccc1-2. The predicted octanol–water partition coefficient (Wildman–Crippen LogP) is 3.78. The summed E-state index contributed by atoms with van der Waals surface area (Å²) >= 11 is 0. The molecule has 4 aromatic rings. The van der Waals surface area contributed by atoms with Crippen molar-refractivity contribution in [3.8, 4) is 34.6 Å². The highest BCUT2D eigenvalue weighted by Gasteiger charge is 2.29. The molecule has 5 rings (SSSR count). The van der Waals surface area contributed by atoms with Crippen molar-refractivity contribution < 1.29 is 19.0 Å². The van der Waals surface area contributed by atoms with Gasteiger partial charge in [-0.25, -0.2) is 9.78 Å². The van der Waals surface area contributed by atoms with Gasteiger partial charge in [-0.15, -0.1) is 5.10 Å². The summed E-state index contributed by atoms with van der Waals surface area (Å²) in [6, 6.07) is 13.6. The highest BCUT2D eigenvalue weighted by Crippen LogP contribution is 2.37. The molecule has 1 aliphatic rings. The number of carbonyl (C=O) groups excluding carboxylic acids is 1. The second-order valence-corrected chi connectivity index (χ2v) is 7.32. The van der Waals surface area contributed by atoms with Crippen LogP contribution in [0.15, 0.2) is 48.8 Å². The van der Waals surface area contributed by atoms with Crippen molar-refractivity contribution in [3.05, 3.63) is 65.7 Å². The van der Waals surface area contributed by atoms with E-state index in [0.717, 1.165) is 16.8 Å². The number of fused-ring (bicyclic) bond motifs is 5. The monoisotopic (exact) mass is 431 g/mol. The Kier molecular flexibility index (Phi) is 4.85. The summed E-state index contributed by atoms with van der Waals surface area (Å²) in [4.78, 5) is 16.9. The standard InChI is InChI=1S/C23H21N5O4/c1-4-31-22(29)20-19-12-27-21(25-26-23(27)32-16-7-5-6-14(2)10-16)17-11-15(30-3)8-9-18(17)28(19)13-24-20/h5-11,13H,4,12H2,1-3H3. The highest BCUT2D eigenvalue weighted by molar-refractivity contribution is 5.89. The molecule has 0 saturated heterocycles. The molecule has 3 heterocycles. The lowest BCUT2D eigenvalue weighted by Gasteiger charge is -2.10. The zero-order valence-electron chi connectivity index (χ0n) is 17.9. The predicted molar refractivity (Wildman–Crippen MR) is 115 cm³/mol. The number of aryl methyl sites for hydroxylation is 1. The van der Waals surface area contributed by atoms with Gasteiger partial charge in [-0.3, -0.25) is 9.13 Å². The van der Waals surface area contributed by atoms with E-state index >= 15 is 0 Å². The number of methoxy groups -OCH3 is 1. The summed E-state index contributed by atoms with van der Waals surface area (Å²) in [6.45, 7) is 4.29. The van der Waals surface area contributed by atoms with E-state index < -0.39 is 5.97 Å². The number of carbonyl (C=O) groups is 1. The first-order chi connectivity index (χ1) is 15.6. The minimum absolute atomic E-state index is 0.247. The number of benzene rings is 2. The first kappa shape index (κ1) is 19.8. The number of imidazole rings is 1. The van der Waals surface area contributed by atoms with Gasteiger partial charge in [0.2, 0.25) is 0 Å². The molecule has 0 aliphatic carbocycles. The van der Waals surface area contributed by atoms with E-state index in [-0.39, 0.29) is 18.8 Å². The summed E-state index contributed by atoms with van der Waals surface area (Å²) in [7, 11) is 1.61. The molecule has 1 aliphatic heterocycles. The minimum Gasteiger partial charge on any atom is -0.497 e. The van der Waals surface area contributed by atoms with Crippen LogP contribution >= 0.6 is 0 Å². The van der Waals surface area contributed by atoms with Crippen LogP contribution in [0.5, 0.6) is 17.5 Å². The molecule has 2 aromatic carbocycles. The van der Waals surface area contributed by atoms with E-state index in [4.69, 9.17) is 14.2 Å². The third kappa shape index (κ3) is 3.27.